The van der Waals surface area contributed by atoms with E-state index in [1.54, 1.807) is 0 Å². The van der Waals surface area contributed by atoms with Gasteiger partial charge in [0.05, 0.1) is 5.10 Å². The average molecular weight is 83.1 g/mol. The van der Waals surface area contributed by atoms with Crippen LogP contribution in [0, 0.1) is 0 Å². The molecule has 6 heavy (non-hydrogen) atoms. The van der Waals surface area contributed by atoms with Crippen molar-refractivity contribution in [3.63, 3.8) is 0 Å². The van der Waals surface area contributed by atoms with Crippen molar-refractivity contribution in [3.8, 4) is 0 Å². The Morgan fingerprint density at radius 2 is 2.67 bits per heavy atom. The molecule has 4 nitrogen and oxygen atoms in total. The van der Waals surface area contributed by atoms with Crippen molar-refractivity contribution in [3.05, 3.63) is 0 Å². The van der Waals surface area contributed by atoms with E-state index in [1.807, 2.05) is 0 Å². The standard InChI is InChI=1S/C2HN3O/c6-2-1-3-5-4-2/h1H/q+1. The predicted octanol–water partition coefficient (Wildman–Crippen LogP) is -0.700. The van der Waals surface area contributed by atoms with Gasteiger partial charge in [-0.05, 0) is 0 Å². The number of carbonyl (C=O) groups excluding carboxylic acids is 1. The fourth-order valence-electron chi connectivity index (χ4n) is 0.171. The lowest BCUT2D eigenvalue weighted by Crippen LogP contribution is -1.87. The molecule has 0 bridgehead atoms. The van der Waals surface area contributed by atoms with Crippen LogP contribution < -0.4 is 5.10 Å². The van der Waals surface area contributed by atoms with Crippen molar-refractivity contribution >= 4 is 12.1 Å². The van der Waals surface area contributed by atoms with E-state index in [-0.39, 0.29) is 5.91 Å². The molecule has 0 spiro atoms. The molecule has 0 saturated heterocycles. The van der Waals surface area contributed by atoms with Gasteiger partial charge in [0, 0.05) is 0 Å². The van der Waals surface area contributed by atoms with E-state index in [9.17, 15) is 4.79 Å². The number of rotatable bonds is 0. The summed E-state index contributed by atoms with van der Waals surface area (Å²) < 4.78 is 0. The molecule has 1 rings (SSSR count). The molecule has 1 aliphatic heterocycles. The first kappa shape index (κ1) is 3.14. The molecule has 4 heteroatoms. The highest BCUT2D eigenvalue weighted by molar-refractivity contribution is 6.26. The summed E-state index contributed by atoms with van der Waals surface area (Å²) in [6.07, 6.45) is 1.06. The molecule has 0 unspecified atom stereocenters. The van der Waals surface area contributed by atoms with Gasteiger partial charge in [-0.3, -0.25) is 0 Å². The van der Waals surface area contributed by atoms with Crippen LogP contribution in [0.25, 0.3) is 0 Å². The van der Waals surface area contributed by atoms with Crippen LogP contribution in [-0.4, -0.2) is 12.1 Å². The molecule has 0 atom stereocenters. The molecular formula is C2HN3O+. The lowest BCUT2D eigenvalue weighted by Gasteiger charge is -1.41. The molecule has 0 aromatic heterocycles. The molecule has 1 amide bonds. The van der Waals surface area contributed by atoms with Crippen LogP contribution >= 0.6 is 0 Å². The number of hydrogen-bond acceptors (Lipinski definition) is 3. The van der Waals surface area contributed by atoms with Gasteiger partial charge in [-0.25, -0.2) is 4.79 Å². The normalized spacial score (nSPS) is 17.0. The maximum Gasteiger partial charge on any atom is 0.447 e. The Hall–Kier alpha value is -1.06. The maximum atomic E-state index is 9.83. The Balaban J connectivity index is 2.86. The lowest BCUT2D eigenvalue weighted by atomic mass is 10.7. The van der Waals surface area contributed by atoms with E-state index in [0.717, 1.165) is 6.21 Å². The van der Waals surface area contributed by atoms with Crippen molar-refractivity contribution in [2.45, 2.75) is 0 Å². The van der Waals surface area contributed by atoms with Crippen LogP contribution in [0.2, 0.25) is 0 Å². The second-order valence-corrected chi connectivity index (χ2v) is 0.772. The van der Waals surface area contributed by atoms with E-state index in [1.165, 1.54) is 0 Å². The van der Waals surface area contributed by atoms with Crippen LogP contribution in [0.3, 0.4) is 0 Å². The van der Waals surface area contributed by atoms with E-state index in [2.05, 4.69) is 15.4 Å². The first-order valence-corrected chi connectivity index (χ1v) is 1.37. The molecule has 0 saturated carbocycles. The minimum Gasteiger partial charge on any atom is -0.230 e. The minimum atomic E-state index is -0.380. The number of amides is 1. The SMILES string of the molecule is O=C1C=[N+]N=N1. The van der Waals surface area contributed by atoms with Gasteiger partial charge in [0.15, 0.2) is 5.22 Å². The van der Waals surface area contributed by atoms with E-state index >= 15 is 0 Å². The van der Waals surface area contributed by atoms with Gasteiger partial charge in [-0.1, -0.05) is 0 Å². The van der Waals surface area contributed by atoms with Gasteiger partial charge in [0.1, 0.15) is 5.11 Å². The second kappa shape index (κ2) is 0.965. The van der Waals surface area contributed by atoms with Crippen LogP contribution in [0.4, 0.5) is 0 Å². The van der Waals surface area contributed by atoms with Crippen molar-refractivity contribution in [1.82, 2.24) is 5.10 Å². The largest absolute Gasteiger partial charge is 0.447 e. The summed E-state index contributed by atoms with van der Waals surface area (Å²) in [6.45, 7) is 0. The molecule has 0 aliphatic carbocycles. The fourth-order valence-corrected chi connectivity index (χ4v) is 0.171. The first-order chi connectivity index (χ1) is 2.89. The highest BCUT2D eigenvalue weighted by Gasteiger charge is 2.10. The summed E-state index contributed by atoms with van der Waals surface area (Å²) in [5, 5.41) is 9.16. The zero-order valence-corrected chi connectivity index (χ0v) is 2.83. The molecule has 29 valence electrons. The Labute approximate surface area is 33.6 Å². The third-order valence-electron chi connectivity index (χ3n) is 0.363. The summed E-state index contributed by atoms with van der Waals surface area (Å²) in [4.78, 5) is 9.83. The highest BCUT2D eigenvalue weighted by atomic mass is 16.2. The summed E-state index contributed by atoms with van der Waals surface area (Å²) in [5.41, 5.74) is 0. The topological polar surface area (TPSA) is 55.9 Å². The summed E-state index contributed by atoms with van der Waals surface area (Å²) in [7, 11) is 0. The van der Waals surface area contributed by atoms with Crippen LogP contribution in [0.1, 0.15) is 0 Å². The molecule has 1 heterocycles. The van der Waals surface area contributed by atoms with E-state index in [4.69, 9.17) is 0 Å². The zero-order chi connectivity index (χ0) is 4.41. The number of nitrogens with zero attached hydrogens (tertiary/aromatic N) is 3. The van der Waals surface area contributed by atoms with Gasteiger partial charge in [-0.2, -0.15) is 0 Å². The number of carbonyl (C=O) groups is 1. The van der Waals surface area contributed by atoms with Crippen LogP contribution in [-0.2, 0) is 4.79 Å². The predicted molar refractivity (Wildman–Crippen MR) is 18.1 cm³/mol. The second-order valence-electron chi connectivity index (χ2n) is 0.772. The molecule has 0 aromatic carbocycles. The van der Waals surface area contributed by atoms with Crippen LogP contribution in [0.5, 0.6) is 0 Å². The van der Waals surface area contributed by atoms with Crippen molar-refractivity contribution in [2.75, 3.05) is 0 Å². The smallest absolute Gasteiger partial charge is 0.230 e. The monoisotopic (exact) mass is 83.0 g/mol. The zero-order valence-electron chi connectivity index (χ0n) is 2.83. The molecule has 1 aliphatic rings. The van der Waals surface area contributed by atoms with Crippen molar-refractivity contribution in [2.24, 2.45) is 10.3 Å². The van der Waals surface area contributed by atoms with Crippen LogP contribution in [0.15, 0.2) is 10.3 Å². The summed E-state index contributed by atoms with van der Waals surface area (Å²) in [5.74, 6) is -0.380. The third kappa shape index (κ3) is 0.314. The fraction of sp³-hybridized carbons (Fsp3) is 0. The van der Waals surface area contributed by atoms with E-state index < -0.39 is 0 Å². The minimum absolute atomic E-state index is 0.380. The Bertz CT molecular complexity index is 111. The van der Waals surface area contributed by atoms with Gasteiger partial charge in [0.25, 0.3) is 6.21 Å². The van der Waals surface area contributed by atoms with Gasteiger partial charge >= 0.3 is 5.91 Å². The van der Waals surface area contributed by atoms with Gasteiger partial charge in [0.2, 0.25) is 0 Å². The quantitative estimate of drug-likeness (QED) is 0.382. The maximum absolute atomic E-state index is 9.83. The number of hydrogen-bond donors (Lipinski definition) is 0. The van der Waals surface area contributed by atoms with Crippen molar-refractivity contribution < 1.29 is 4.79 Å². The summed E-state index contributed by atoms with van der Waals surface area (Å²) in [6, 6.07) is 0. The van der Waals surface area contributed by atoms with E-state index in [0.29, 0.717) is 0 Å². The lowest BCUT2D eigenvalue weighted by molar-refractivity contribution is -0.111. The molecule has 0 fully saturated rings. The van der Waals surface area contributed by atoms with Gasteiger partial charge in [-0.15, -0.1) is 0 Å². The Kier molecular flexibility index (Phi) is 0.506. The molecule has 0 aromatic rings. The van der Waals surface area contributed by atoms with Gasteiger partial charge < -0.3 is 0 Å². The van der Waals surface area contributed by atoms with Crippen molar-refractivity contribution in [1.29, 1.82) is 0 Å². The first-order valence-electron chi connectivity index (χ1n) is 1.37. The summed E-state index contributed by atoms with van der Waals surface area (Å²) >= 11 is 0. The molecule has 1 radical (unpaired) electrons. The average Bonchev–Trinajstić information content (AvgIpc) is 1.86. The molecule has 0 N–H and O–H groups in total. The Morgan fingerprint density at radius 1 is 1.83 bits per heavy atom. The third-order valence-corrected chi connectivity index (χ3v) is 0.363. The molecular weight excluding hydrogens is 82.0 g/mol. The Morgan fingerprint density at radius 3 is 2.83 bits per heavy atom. The highest BCUT2D eigenvalue weighted by Crippen LogP contribution is 1.74.